The normalized spacial score (nSPS) is 11.2. The Morgan fingerprint density at radius 1 is 1.60 bits per heavy atom. The molecular weight excluding hydrogens is 194 g/mol. The van der Waals surface area contributed by atoms with Gasteiger partial charge in [0, 0.05) is 22.5 Å². The Kier molecular flexibility index (Phi) is 3.94. The molecule has 0 aromatic carbocycles. The third-order valence-corrected chi connectivity index (χ3v) is 1.94. The maximum Gasteiger partial charge on any atom is 0.287 e. The molecule has 2 nitrogen and oxygen atoms in total. The second kappa shape index (κ2) is 3.96. The van der Waals surface area contributed by atoms with Crippen molar-refractivity contribution in [1.82, 2.24) is 5.32 Å². The van der Waals surface area contributed by atoms with Crippen molar-refractivity contribution >= 4 is 20.7 Å². The molecule has 3 heteroatoms. The van der Waals surface area contributed by atoms with Gasteiger partial charge in [0.05, 0.1) is 0 Å². The van der Waals surface area contributed by atoms with Crippen LogP contribution in [0.5, 0.6) is 0 Å². The lowest BCUT2D eigenvalue weighted by molar-refractivity contribution is 0.253. The zero-order chi connectivity index (χ0) is 8.20. The van der Waals surface area contributed by atoms with Crippen LogP contribution in [0.15, 0.2) is 0 Å². The average Bonchev–Trinajstić information content (AvgIpc) is 1.85. The fraction of sp³-hybridized carbons (Fsp3) is 0.857. The molecule has 0 aliphatic carbocycles. The fourth-order valence-corrected chi connectivity index (χ4v) is 0.574. The predicted molar refractivity (Wildman–Crippen MR) is 46.4 cm³/mol. The number of hydrogen-bond acceptors (Lipinski definition) is 1. The Hall–Kier alpha value is -0.0500. The molecule has 0 spiro atoms. The van der Waals surface area contributed by atoms with Crippen LogP contribution in [0.1, 0.15) is 27.2 Å². The quantitative estimate of drug-likeness (QED) is 0.560. The number of hydrogen-bond donors (Lipinski definition) is 1. The number of carbonyl (C=O) groups excluding carboxylic acids is 1. The van der Waals surface area contributed by atoms with Gasteiger partial charge >= 0.3 is 0 Å². The molecule has 0 radical (unpaired) electrons. The number of rotatable bonds is 3. The van der Waals surface area contributed by atoms with Gasteiger partial charge in [-0.3, -0.25) is 4.79 Å². The zero-order valence-electron chi connectivity index (χ0n) is 6.70. The van der Waals surface area contributed by atoms with Crippen LogP contribution in [0.2, 0.25) is 0 Å². The van der Waals surface area contributed by atoms with E-state index in [1.807, 2.05) is 0 Å². The van der Waals surface area contributed by atoms with Crippen LogP contribution >= 0.6 is 15.9 Å². The molecule has 0 aliphatic rings. The van der Waals surface area contributed by atoms with Gasteiger partial charge in [0.25, 0.3) is 4.82 Å². The van der Waals surface area contributed by atoms with Crippen molar-refractivity contribution < 1.29 is 4.79 Å². The predicted octanol–water partition coefficient (Wildman–Crippen LogP) is 2.53. The van der Waals surface area contributed by atoms with Gasteiger partial charge in [0.1, 0.15) is 0 Å². The van der Waals surface area contributed by atoms with E-state index >= 15 is 0 Å². The number of nitrogens with one attached hydrogen (secondary N) is 1. The van der Waals surface area contributed by atoms with Gasteiger partial charge in [0.2, 0.25) is 0 Å². The van der Waals surface area contributed by atoms with Crippen molar-refractivity contribution in [3.05, 3.63) is 0 Å². The number of halogens is 1. The van der Waals surface area contributed by atoms with Crippen LogP contribution in [0.3, 0.4) is 0 Å². The average molecular weight is 208 g/mol. The topological polar surface area (TPSA) is 29.1 Å². The van der Waals surface area contributed by atoms with Gasteiger partial charge in [-0.1, -0.05) is 20.8 Å². The SMILES string of the molecule is CCC(C)(C)CNC(=O)Br. The Morgan fingerprint density at radius 3 is 2.40 bits per heavy atom. The molecule has 0 heterocycles. The lowest BCUT2D eigenvalue weighted by Crippen LogP contribution is -2.30. The van der Waals surface area contributed by atoms with Crippen molar-refractivity contribution in [1.29, 1.82) is 0 Å². The van der Waals surface area contributed by atoms with Crippen molar-refractivity contribution in [2.24, 2.45) is 5.41 Å². The molecule has 0 atom stereocenters. The first-order valence-electron chi connectivity index (χ1n) is 3.41. The summed E-state index contributed by atoms with van der Waals surface area (Å²) in [7, 11) is 0. The molecule has 0 aromatic rings. The van der Waals surface area contributed by atoms with Crippen LogP contribution in [-0.4, -0.2) is 11.4 Å². The van der Waals surface area contributed by atoms with E-state index in [0.29, 0.717) is 0 Å². The molecule has 1 N–H and O–H groups in total. The summed E-state index contributed by atoms with van der Waals surface area (Å²) in [6.07, 6.45) is 1.07. The smallest absolute Gasteiger partial charge is 0.287 e. The molecule has 60 valence electrons. The summed E-state index contributed by atoms with van der Waals surface area (Å²) in [5, 5.41) is 2.71. The third-order valence-electron chi connectivity index (χ3n) is 1.66. The van der Waals surface area contributed by atoms with E-state index in [-0.39, 0.29) is 10.2 Å². The van der Waals surface area contributed by atoms with Gasteiger partial charge in [-0.15, -0.1) is 0 Å². The molecule has 0 unspecified atom stereocenters. The molecule has 0 saturated heterocycles. The van der Waals surface area contributed by atoms with E-state index in [9.17, 15) is 4.79 Å². The van der Waals surface area contributed by atoms with Crippen LogP contribution in [0, 0.1) is 5.41 Å². The molecule has 0 bridgehead atoms. The summed E-state index contributed by atoms with van der Waals surface area (Å²) < 4.78 is 0. The van der Waals surface area contributed by atoms with Crippen LogP contribution in [0.25, 0.3) is 0 Å². The van der Waals surface area contributed by atoms with Gasteiger partial charge < -0.3 is 5.32 Å². The highest BCUT2D eigenvalue weighted by atomic mass is 79.9. The van der Waals surface area contributed by atoms with E-state index in [0.717, 1.165) is 13.0 Å². The minimum absolute atomic E-state index is 0.131. The molecule has 10 heavy (non-hydrogen) atoms. The highest BCUT2D eigenvalue weighted by Crippen LogP contribution is 2.17. The second-order valence-corrected chi connectivity index (χ2v) is 3.87. The van der Waals surface area contributed by atoms with Crippen molar-refractivity contribution in [3.63, 3.8) is 0 Å². The van der Waals surface area contributed by atoms with Crippen molar-refractivity contribution in [2.45, 2.75) is 27.2 Å². The molecule has 0 fully saturated rings. The highest BCUT2D eigenvalue weighted by molar-refractivity contribution is 9.18. The van der Waals surface area contributed by atoms with Crippen LogP contribution in [0.4, 0.5) is 4.79 Å². The summed E-state index contributed by atoms with van der Waals surface area (Å²) in [6.45, 7) is 7.08. The first-order chi connectivity index (χ1) is 4.48. The lowest BCUT2D eigenvalue weighted by Gasteiger charge is -2.21. The molecule has 0 rings (SSSR count). The van der Waals surface area contributed by atoms with E-state index in [2.05, 4.69) is 42.0 Å². The summed E-state index contributed by atoms with van der Waals surface area (Å²) in [5.74, 6) is 0. The molecule has 0 aliphatic heterocycles. The maximum absolute atomic E-state index is 10.4. The summed E-state index contributed by atoms with van der Waals surface area (Å²) in [5.41, 5.74) is 0.212. The summed E-state index contributed by atoms with van der Waals surface area (Å²) in [4.78, 5) is 10.3. The third kappa shape index (κ3) is 4.79. The largest absolute Gasteiger partial charge is 0.346 e. The first-order valence-corrected chi connectivity index (χ1v) is 4.20. The highest BCUT2D eigenvalue weighted by Gasteiger charge is 2.14. The molecule has 0 saturated carbocycles. The van der Waals surface area contributed by atoms with E-state index in [1.54, 1.807) is 0 Å². The Labute approximate surface area is 70.5 Å². The van der Waals surface area contributed by atoms with Gasteiger partial charge in [-0.05, 0) is 11.8 Å². The molecule has 0 aromatic heterocycles. The van der Waals surface area contributed by atoms with Gasteiger partial charge in [-0.25, -0.2) is 0 Å². The Balaban J connectivity index is 3.56. The first kappa shape index (κ1) is 9.95. The number of amides is 1. The standard InChI is InChI=1S/C7H14BrNO/c1-4-7(2,3)5-9-6(8)10/h4-5H2,1-3H3,(H,9,10). The Morgan fingerprint density at radius 2 is 2.10 bits per heavy atom. The summed E-state index contributed by atoms with van der Waals surface area (Å²) >= 11 is 2.81. The molecule has 1 amide bonds. The zero-order valence-corrected chi connectivity index (χ0v) is 8.29. The van der Waals surface area contributed by atoms with Crippen LogP contribution < -0.4 is 5.32 Å². The van der Waals surface area contributed by atoms with Gasteiger partial charge in [0.15, 0.2) is 0 Å². The van der Waals surface area contributed by atoms with E-state index in [1.165, 1.54) is 0 Å². The second-order valence-electron chi connectivity index (χ2n) is 3.15. The van der Waals surface area contributed by atoms with Crippen molar-refractivity contribution in [3.8, 4) is 0 Å². The monoisotopic (exact) mass is 207 g/mol. The van der Waals surface area contributed by atoms with Crippen LogP contribution in [-0.2, 0) is 0 Å². The molecular formula is C7H14BrNO. The lowest BCUT2D eigenvalue weighted by atomic mass is 9.90. The van der Waals surface area contributed by atoms with E-state index in [4.69, 9.17) is 0 Å². The van der Waals surface area contributed by atoms with Gasteiger partial charge in [-0.2, -0.15) is 0 Å². The maximum atomic E-state index is 10.4. The minimum Gasteiger partial charge on any atom is -0.346 e. The fourth-order valence-electron chi connectivity index (χ4n) is 0.434. The van der Waals surface area contributed by atoms with E-state index < -0.39 is 0 Å². The number of carbonyl (C=O) groups is 1. The Bertz CT molecular complexity index is 123. The minimum atomic E-state index is -0.131. The summed E-state index contributed by atoms with van der Waals surface area (Å²) in [6, 6.07) is 0. The van der Waals surface area contributed by atoms with Crippen molar-refractivity contribution in [2.75, 3.05) is 6.54 Å².